The van der Waals surface area contributed by atoms with Gasteiger partial charge in [0.25, 0.3) is 0 Å². The van der Waals surface area contributed by atoms with Crippen molar-refractivity contribution in [1.82, 2.24) is 4.98 Å². The van der Waals surface area contributed by atoms with Gasteiger partial charge in [-0.25, -0.2) is 13.8 Å². The van der Waals surface area contributed by atoms with Gasteiger partial charge in [-0.3, -0.25) is 0 Å². The molecule has 1 heterocycles. The lowest BCUT2D eigenvalue weighted by Crippen LogP contribution is -1.90. The molecule has 5 heteroatoms. The fraction of sp³-hybridized carbons (Fsp3) is 0.167. The molecule has 0 atom stereocenters. The van der Waals surface area contributed by atoms with E-state index in [1.807, 2.05) is 5.38 Å². The molecule has 0 saturated carbocycles. The first kappa shape index (κ1) is 16.1. The van der Waals surface area contributed by atoms with E-state index in [1.54, 1.807) is 11.8 Å². The van der Waals surface area contributed by atoms with Gasteiger partial charge in [0.1, 0.15) is 16.6 Å². The molecule has 0 amide bonds. The summed E-state index contributed by atoms with van der Waals surface area (Å²) in [5.74, 6) is 0.471. The van der Waals surface area contributed by atoms with Crippen LogP contribution in [0.1, 0.15) is 16.8 Å². The highest BCUT2D eigenvalue weighted by Crippen LogP contribution is 2.30. The number of thioether (sulfide) groups is 1. The standard InChI is InChI=1S/C18H15F2NS2/c1-12-5-7-13(8-6-12)9-22-10-14-11-23-18(21-14)17-15(19)3-2-4-16(17)20/h2-8,11H,9-10H2,1H3. The number of aryl methyl sites for hydroxylation is 1. The van der Waals surface area contributed by atoms with E-state index in [9.17, 15) is 8.78 Å². The molecule has 0 aliphatic rings. The average Bonchev–Trinajstić information content (AvgIpc) is 2.98. The van der Waals surface area contributed by atoms with Gasteiger partial charge in [0.2, 0.25) is 0 Å². The molecule has 23 heavy (non-hydrogen) atoms. The predicted octanol–water partition coefficient (Wildman–Crippen LogP) is 5.83. The quantitative estimate of drug-likeness (QED) is 0.576. The molecular formula is C18H15F2NS2. The molecule has 0 N–H and O–H groups in total. The van der Waals surface area contributed by atoms with E-state index in [1.165, 1.54) is 40.7 Å². The Labute approximate surface area is 142 Å². The Balaban J connectivity index is 1.64. The molecule has 0 aliphatic heterocycles. The molecule has 0 spiro atoms. The highest BCUT2D eigenvalue weighted by atomic mass is 32.2. The predicted molar refractivity (Wildman–Crippen MR) is 93.6 cm³/mol. The van der Waals surface area contributed by atoms with Crippen molar-refractivity contribution in [3.63, 3.8) is 0 Å². The van der Waals surface area contributed by atoms with Crippen molar-refractivity contribution in [2.75, 3.05) is 0 Å². The van der Waals surface area contributed by atoms with Crippen molar-refractivity contribution >= 4 is 23.1 Å². The van der Waals surface area contributed by atoms with Gasteiger partial charge in [0.15, 0.2) is 0 Å². The summed E-state index contributed by atoms with van der Waals surface area (Å²) in [7, 11) is 0. The molecule has 1 aromatic heterocycles. The highest BCUT2D eigenvalue weighted by Gasteiger charge is 2.14. The van der Waals surface area contributed by atoms with Crippen LogP contribution >= 0.6 is 23.1 Å². The fourth-order valence-corrected chi connectivity index (χ4v) is 4.01. The third-order valence-electron chi connectivity index (χ3n) is 3.37. The molecular weight excluding hydrogens is 332 g/mol. The molecule has 0 saturated heterocycles. The number of thiazole rings is 1. The van der Waals surface area contributed by atoms with Crippen LogP contribution in [-0.4, -0.2) is 4.98 Å². The van der Waals surface area contributed by atoms with Gasteiger partial charge < -0.3 is 0 Å². The minimum Gasteiger partial charge on any atom is -0.240 e. The van der Waals surface area contributed by atoms with Crippen LogP contribution in [0.3, 0.4) is 0 Å². The van der Waals surface area contributed by atoms with Crippen molar-refractivity contribution in [1.29, 1.82) is 0 Å². The first-order chi connectivity index (χ1) is 11.1. The summed E-state index contributed by atoms with van der Waals surface area (Å²) >= 11 is 3.01. The maximum absolute atomic E-state index is 13.8. The van der Waals surface area contributed by atoms with Crippen LogP contribution in [0.25, 0.3) is 10.6 Å². The van der Waals surface area contributed by atoms with E-state index in [0.29, 0.717) is 5.01 Å². The molecule has 118 valence electrons. The minimum atomic E-state index is -0.571. The topological polar surface area (TPSA) is 12.9 Å². The number of hydrogen-bond acceptors (Lipinski definition) is 3. The highest BCUT2D eigenvalue weighted by molar-refractivity contribution is 7.97. The zero-order chi connectivity index (χ0) is 16.2. The lowest BCUT2D eigenvalue weighted by molar-refractivity contribution is 0.589. The number of rotatable bonds is 5. The van der Waals surface area contributed by atoms with E-state index in [2.05, 4.69) is 36.2 Å². The smallest absolute Gasteiger partial charge is 0.136 e. The second-order valence-corrected chi connectivity index (χ2v) is 7.06. The van der Waals surface area contributed by atoms with Crippen LogP contribution < -0.4 is 0 Å². The Morgan fingerprint density at radius 3 is 2.39 bits per heavy atom. The zero-order valence-corrected chi connectivity index (χ0v) is 14.2. The number of hydrogen-bond donors (Lipinski definition) is 0. The van der Waals surface area contributed by atoms with E-state index in [0.717, 1.165) is 17.2 Å². The summed E-state index contributed by atoms with van der Waals surface area (Å²) < 4.78 is 27.5. The van der Waals surface area contributed by atoms with Crippen molar-refractivity contribution < 1.29 is 8.78 Å². The molecule has 0 aliphatic carbocycles. The summed E-state index contributed by atoms with van der Waals surface area (Å²) in [6, 6.07) is 12.3. The van der Waals surface area contributed by atoms with E-state index >= 15 is 0 Å². The zero-order valence-electron chi connectivity index (χ0n) is 12.6. The average molecular weight is 347 g/mol. The largest absolute Gasteiger partial charge is 0.240 e. The summed E-state index contributed by atoms with van der Waals surface area (Å²) in [4.78, 5) is 4.37. The summed E-state index contributed by atoms with van der Waals surface area (Å²) in [5, 5.41) is 2.26. The van der Waals surface area contributed by atoms with Crippen LogP contribution in [0, 0.1) is 18.6 Å². The minimum absolute atomic E-state index is 0.0349. The van der Waals surface area contributed by atoms with Gasteiger partial charge in [0.05, 0.1) is 11.3 Å². The van der Waals surface area contributed by atoms with Crippen molar-refractivity contribution in [2.45, 2.75) is 18.4 Å². The molecule has 0 fully saturated rings. The SMILES string of the molecule is Cc1ccc(CSCc2csc(-c3c(F)cccc3F)n2)cc1. The first-order valence-corrected chi connectivity index (χ1v) is 9.19. The fourth-order valence-electron chi connectivity index (χ4n) is 2.15. The van der Waals surface area contributed by atoms with Crippen molar-refractivity contribution in [3.05, 3.63) is 76.3 Å². The van der Waals surface area contributed by atoms with Gasteiger partial charge >= 0.3 is 0 Å². The lowest BCUT2D eigenvalue weighted by Gasteiger charge is -2.02. The van der Waals surface area contributed by atoms with Crippen LogP contribution in [0.15, 0.2) is 47.8 Å². The molecule has 2 aromatic carbocycles. The number of aromatic nitrogens is 1. The van der Waals surface area contributed by atoms with Crippen LogP contribution in [-0.2, 0) is 11.5 Å². The van der Waals surface area contributed by atoms with Gasteiger partial charge in [-0.05, 0) is 24.6 Å². The van der Waals surface area contributed by atoms with Gasteiger partial charge in [0, 0.05) is 16.9 Å². The number of halogens is 2. The summed E-state index contributed by atoms with van der Waals surface area (Å²) in [6.45, 7) is 2.07. The monoisotopic (exact) mass is 347 g/mol. The Kier molecular flexibility index (Phi) is 5.08. The number of benzene rings is 2. The molecule has 1 nitrogen and oxygen atoms in total. The normalized spacial score (nSPS) is 10.9. The second kappa shape index (κ2) is 7.23. The van der Waals surface area contributed by atoms with Crippen molar-refractivity contribution in [3.8, 4) is 10.6 Å². The van der Waals surface area contributed by atoms with Gasteiger partial charge in [-0.1, -0.05) is 35.9 Å². The van der Waals surface area contributed by atoms with Gasteiger partial charge in [-0.2, -0.15) is 11.8 Å². The van der Waals surface area contributed by atoms with Gasteiger partial charge in [-0.15, -0.1) is 11.3 Å². The third-order valence-corrected chi connectivity index (χ3v) is 5.31. The van der Waals surface area contributed by atoms with Crippen LogP contribution in [0.4, 0.5) is 8.78 Å². The Hall–Kier alpha value is -1.72. The lowest BCUT2D eigenvalue weighted by atomic mass is 10.2. The molecule has 0 radical (unpaired) electrons. The molecule has 3 rings (SSSR count). The van der Waals surface area contributed by atoms with Crippen LogP contribution in [0.2, 0.25) is 0 Å². The first-order valence-electron chi connectivity index (χ1n) is 7.15. The summed E-state index contributed by atoms with van der Waals surface area (Å²) in [5.41, 5.74) is 3.32. The maximum Gasteiger partial charge on any atom is 0.136 e. The number of nitrogens with zero attached hydrogens (tertiary/aromatic N) is 1. The molecule has 0 unspecified atom stereocenters. The maximum atomic E-state index is 13.8. The third kappa shape index (κ3) is 3.98. The van der Waals surface area contributed by atoms with E-state index in [4.69, 9.17) is 0 Å². The Morgan fingerprint density at radius 1 is 1.00 bits per heavy atom. The Morgan fingerprint density at radius 2 is 1.70 bits per heavy atom. The van der Waals surface area contributed by atoms with E-state index < -0.39 is 11.6 Å². The summed E-state index contributed by atoms with van der Waals surface area (Å²) in [6.07, 6.45) is 0. The second-order valence-electron chi connectivity index (χ2n) is 5.22. The van der Waals surface area contributed by atoms with E-state index in [-0.39, 0.29) is 5.56 Å². The molecule has 3 aromatic rings. The Bertz CT molecular complexity index is 777. The molecule has 0 bridgehead atoms. The van der Waals surface area contributed by atoms with Crippen molar-refractivity contribution in [2.24, 2.45) is 0 Å². The van der Waals surface area contributed by atoms with Crippen LogP contribution in [0.5, 0.6) is 0 Å².